The zero-order valence-electron chi connectivity index (χ0n) is 14.7. The average molecular weight is 268 g/mol. The molecule has 0 radical (unpaired) electrons. The van der Waals surface area contributed by atoms with Crippen molar-refractivity contribution in [3.63, 3.8) is 0 Å². The molecule has 0 amide bonds. The molecule has 0 saturated carbocycles. The molecule has 0 saturated heterocycles. The first-order valence-corrected chi connectivity index (χ1v) is 8.02. The van der Waals surface area contributed by atoms with Crippen LogP contribution in [-0.4, -0.2) is 23.5 Å². The van der Waals surface area contributed by atoms with Gasteiger partial charge in [-0.1, -0.05) is 39.5 Å². The van der Waals surface area contributed by atoms with Crippen LogP contribution in [0.5, 0.6) is 0 Å². The Morgan fingerprint density at radius 1 is 1.11 bits per heavy atom. The maximum atomic E-state index is 3.92. The zero-order valence-corrected chi connectivity index (χ0v) is 14.7. The van der Waals surface area contributed by atoms with Crippen LogP contribution in [0.1, 0.15) is 68.2 Å². The van der Waals surface area contributed by atoms with Crippen LogP contribution in [0.3, 0.4) is 0 Å². The van der Waals surface area contributed by atoms with Crippen LogP contribution in [0, 0.1) is 5.92 Å². The first-order valence-electron chi connectivity index (χ1n) is 8.02. The predicted octanol–water partition coefficient (Wildman–Crippen LogP) is 5.68. The Hall–Kier alpha value is -0.560. The summed E-state index contributed by atoms with van der Waals surface area (Å²) in [6.07, 6.45) is 6.66. The lowest BCUT2D eigenvalue weighted by Crippen LogP contribution is -2.38. The van der Waals surface area contributed by atoms with Crippen LogP contribution < -0.4 is 0 Å². The predicted molar refractivity (Wildman–Crippen MR) is 90.7 cm³/mol. The SMILES string of the molecule is C=C/C(=C\C)C(CC)CCN(C(C)C)C(C)C.CC. The van der Waals surface area contributed by atoms with E-state index in [0.29, 0.717) is 18.0 Å². The minimum Gasteiger partial charge on any atom is -0.299 e. The molecule has 0 N–H and O–H groups in total. The van der Waals surface area contributed by atoms with Crippen molar-refractivity contribution >= 4 is 0 Å². The van der Waals surface area contributed by atoms with Crippen LogP contribution in [0.25, 0.3) is 0 Å². The number of hydrogen-bond acceptors (Lipinski definition) is 1. The molecule has 19 heavy (non-hydrogen) atoms. The molecule has 1 atom stereocenters. The maximum absolute atomic E-state index is 3.92. The lowest BCUT2D eigenvalue weighted by atomic mass is 9.92. The Kier molecular flexibility index (Phi) is 13.6. The number of hydrogen-bond donors (Lipinski definition) is 0. The first kappa shape index (κ1) is 20.8. The van der Waals surface area contributed by atoms with Gasteiger partial charge in [0.25, 0.3) is 0 Å². The van der Waals surface area contributed by atoms with Crippen LogP contribution in [0.15, 0.2) is 24.3 Å². The third-order valence-electron chi connectivity index (χ3n) is 3.60. The van der Waals surface area contributed by atoms with Crippen molar-refractivity contribution in [1.29, 1.82) is 0 Å². The molecule has 0 aliphatic rings. The fraction of sp³-hybridized carbons (Fsp3) is 0.778. The third kappa shape index (κ3) is 8.26. The van der Waals surface area contributed by atoms with Gasteiger partial charge in [0.2, 0.25) is 0 Å². The molecule has 0 aromatic rings. The standard InChI is InChI=1S/C16H31N.C2H6/c1-8-15(9-2)16(10-3)11-12-17(13(4)5)14(6)7;1-2/h8-9,13-14,16H,1,10-12H2,2-7H3;1-2H3/b15-9+;. The lowest BCUT2D eigenvalue weighted by Gasteiger charge is -2.32. The number of nitrogens with zero attached hydrogens (tertiary/aromatic N) is 1. The van der Waals surface area contributed by atoms with E-state index in [-0.39, 0.29) is 0 Å². The van der Waals surface area contributed by atoms with Gasteiger partial charge in [-0.3, -0.25) is 4.90 Å². The molecule has 0 aromatic heterocycles. The Balaban J connectivity index is 0. The van der Waals surface area contributed by atoms with Crippen molar-refractivity contribution in [1.82, 2.24) is 4.90 Å². The van der Waals surface area contributed by atoms with Gasteiger partial charge in [-0.05, 0) is 65.5 Å². The van der Waals surface area contributed by atoms with Gasteiger partial charge in [0.05, 0.1) is 0 Å². The van der Waals surface area contributed by atoms with E-state index in [2.05, 4.69) is 59.1 Å². The van der Waals surface area contributed by atoms with Gasteiger partial charge >= 0.3 is 0 Å². The molecule has 0 bridgehead atoms. The molecule has 0 rings (SSSR count). The summed E-state index contributed by atoms with van der Waals surface area (Å²) in [6.45, 7) is 22.6. The minimum absolute atomic E-state index is 0.630. The van der Waals surface area contributed by atoms with Gasteiger partial charge < -0.3 is 0 Å². The summed E-state index contributed by atoms with van der Waals surface area (Å²) in [5, 5.41) is 0. The van der Waals surface area contributed by atoms with Gasteiger partial charge in [-0.25, -0.2) is 0 Å². The fourth-order valence-corrected chi connectivity index (χ4v) is 2.54. The van der Waals surface area contributed by atoms with Crippen LogP contribution >= 0.6 is 0 Å². The van der Waals surface area contributed by atoms with Gasteiger partial charge in [0, 0.05) is 12.1 Å². The first-order chi connectivity index (χ1) is 8.97. The van der Waals surface area contributed by atoms with Crippen molar-refractivity contribution in [2.45, 2.75) is 80.3 Å². The van der Waals surface area contributed by atoms with Crippen molar-refractivity contribution < 1.29 is 0 Å². The highest BCUT2D eigenvalue weighted by molar-refractivity contribution is 5.18. The van der Waals surface area contributed by atoms with Gasteiger partial charge in [-0.2, -0.15) is 0 Å². The Labute approximate surface area is 122 Å². The maximum Gasteiger partial charge on any atom is 0.00412 e. The van der Waals surface area contributed by atoms with Crippen LogP contribution in [-0.2, 0) is 0 Å². The molecule has 1 unspecified atom stereocenters. The second-order valence-corrected chi connectivity index (χ2v) is 5.31. The summed E-state index contributed by atoms with van der Waals surface area (Å²) in [5.41, 5.74) is 1.40. The summed E-state index contributed by atoms with van der Waals surface area (Å²) >= 11 is 0. The summed E-state index contributed by atoms with van der Waals surface area (Å²) in [7, 11) is 0. The molecular weight excluding hydrogens is 230 g/mol. The summed E-state index contributed by atoms with van der Waals surface area (Å²) in [5.74, 6) is 0.664. The Bertz CT molecular complexity index is 230. The van der Waals surface area contributed by atoms with E-state index in [1.807, 2.05) is 19.9 Å². The van der Waals surface area contributed by atoms with E-state index in [9.17, 15) is 0 Å². The van der Waals surface area contributed by atoms with E-state index < -0.39 is 0 Å². The molecule has 1 heteroatoms. The van der Waals surface area contributed by atoms with Gasteiger partial charge in [0.1, 0.15) is 0 Å². The zero-order chi connectivity index (χ0) is 15.4. The summed E-state index contributed by atoms with van der Waals surface area (Å²) in [4.78, 5) is 2.57. The highest BCUT2D eigenvalue weighted by Gasteiger charge is 2.16. The number of allylic oxidation sites excluding steroid dienone is 3. The van der Waals surface area contributed by atoms with Crippen molar-refractivity contribution in [3.8, 4) is 0 Å². The molecule has 0 heterocycles. The number of rotatable bonds is 8. The fourth-order valence-electron chi connectivity index (χ4n) is 2.54. The minimum atomic E-state index is 0.630. The monoisotopic (exact) mass is 267 g/mol. The normalized spacial score (nSPS) is 13.5. The van der Waals surface area contributed by atoms with Crippen LogP contribution in [0.4, 0.5) is 0 Å². The van der Waals surface area contributed by atoms with E-state index in [4.69, 9.17) is 0 Å². The van der Waals surface area contributed by atoms with E-state index in [1.165, 1.54) is 25.0 Å². The molecule has 1 nitrogen and oxygen atoms in total. The highest BCUT2D eigenvalue weighted by Crippen LogP contribution is 2.21. The average Bonchev–Trinajstić information content (AvgIpc) is 2.39. The van der Waals surface area contributed by atoms with Gasteiger partial charge in [0.15, 0.2) is 0 Å². The molecule has 0 spiro atoms. The molecule has 114 valence electrons. The molecule has 0 aliphatic heterocycles. The van der Waals surface area contributed by atoms with Crippen molar-refractivity contribution in [3.05, 3.63) is 24.3 Å². The topological polar surface area (TPSA) is 3.24 Å². The van der Waals surface area contributed by atoms with Crippen LogP contribution in [0.2, 0.25) is 0 Å². The highest BCUT2D eigenvalue weighted by atomic mass is 15.2. The largest absolute Gasteiger partial charge is 0.299 e. The Morgan fingerprint density at radius 2 is 1.58 bits per heavy atom. The van der Waals surface area contributed by atoms with Crippen molar-refractivity contribution in [2.75, 3.05) is 6.54 Å². The lowest BCUT2D eigenvalue weighted by molar-refractivity contribution is 0.165. The molecule has 0 fully saturated rings. The molecular formula is C18H37N. The second-order valence-electron chi connectivity index (χ2n) is 5.31. The summed E-state index contributed by atoms with van der Waals surface area (Å²) < 4.78 is 0. The Morgan fingerprint density at radius 3 is 1.84 bits per heavy atom. The van der Waals surface area contributed by atoms with E-state index >= 15 is 0 Å². The third-order valence-corrected chi connectivity index (χ3v) is 3.60. The summed E-state index contributed by atoms with van der Waals surface area (Å²) in [6, 6.07) is 1.26. The molecule has 0 aromatic carbocycles. The smallest absolute Gasteiger partial charge is 0.00412 e. The molecule has 0 aliphatic carbocycles. The quantitative estimate of drug-likeness (QED) is 0.511. The second kappa shape index (κ2) is 12.5. The van der Waals surface area contributed by atoms with Crippen molar-refractivity contribution in [2.24, 2.45) is 5.92 Å². The van der Waals surface area contributed by atoms with E-state index in [0.717, 1.165) is 0 Å². The van der Waals surface area contributed by atoms with Gasteiger partial charge in [-0.15, -0.1) is 0 Å². The van der Waals surface area contributed by atoms with E-state index in [1.54, 1.807) is 0 Å².